The van der Waals surface area contributed by atoms with E-state index < -0.39 is 67.4 Å². The molecule has 382 valence electrons. The van der Waals surface area contributed by atoms with Crippen LogP contribution in [0.15, 0.2) is 97.2 Å². The number of carbonyl (C=O) groups is 2. The molecule has 1 amide bonds. The van der Waals surface area contributed by atoms with Crippen LogP contribution in [0.1, 0.15) is 181 Å². The molecular formula is C56H93NO10. The second kappa shape index (κ2) is 43.8. The molecule has 1 aliphatic rings. The van der Waals surface area contributed by atoms with E-state index in [9.17, 15) is 35.1 Å². The molecule has 0 saturated carbocycles. The summed E-state index contributed by atoms with van der Waals surface area (Å²) < 4.78 is 17.4. The standard InChI is InChI=1S/C56H93NO10/c1-4-7-10-13-16-19-22-25-28-31-34-37-40-43-49(60)55(64)57-47(48(59)42-39-36-33-30-27-24-21-18-15-12-9-6-3)46-65-56-54(53(63)52(62)50(45-58)66-56)67-51(61)44-41-38-35-32-29-26-23-20-17-14-11-8-5-2/h7-8,10-11,14,16-17,19-20,23,26,29,32,35,39,42,47-50,52-54,56,58-60,62-63H,4-6,9,12-13,15,18,21-22,24-25,27-28,30-31,33-34,36-38,40-41,43-46H2,1-3H3,(H,57,64)/b10-7+,11-8+,17-14+,19-16+,23-20-,29-26-,35-32+,42-39+. The van der Waals surface area contributed by atoms with E-state index in [0.717, 1.165) is 83.5 Å². The van der Waals surface area contributed by atoms with Crippen LogP contribution in [0.2, 0.25) is 0 Å². The molecule has 1 rings (SSSR count). The number of amides is 1. The van der Waals surface area contributed by atoms with E-state index in [1.54, 1.807) is 6.08 Å². The minimum absolute atomic E-state index is 0.0215. The molecule has 6 N–H and O–H groups in total. The highest BCUT2D eigenvalue weighted by atomic mass is 16.7. The zero-order valence-electron chi connectivity index (χ0n) is 41.7. The second-order valence-electron chi connectivity index (χ2n) is 17.6. The van der Waals surface area contributed by atoms with Crippen molar-refractivity contribution in [3.05, 3.63) is 97.2 Å². The Morgan fingerprint density at radius 1 is 0.612 bits per heavy atom. The summed E-state index contributed by atoms with van der Waals surface area (Å²) >= 11 is 0. The van der Waals surface area contributed by atoms with Gasteiger partial charge in [0.25, 0.3) is 0 Å². The summed E-state index contributed by atoms with van der Waals surface area (Å²) in [5, 5.41) is 56.5. The van der Waals surface area contributed by atoms with Crippen molar-refractivity contribution >= 4 is 11.9 Å². The molecule has 0 aromatic heterocycles. The minimum atomic E-state index is -1.65. The molecule has 1 aliphatic heterocycles. The van der Waals surface area contributed by atoms with Gasteiger partial charge in [-0.3, -0.25) is 9.59 Å². The van der Waals surface area contributed by atoms with Gasteiger partial charge in [0.15, 0.2) is 12.4 Å². The first-order chi connectivity index (χ1) is 32.7. The molecule has 0 spiro atoms. The molecule has 11 nitrogen and oxygen atoms in total. The number of ether oxygens (including phenoxy) is 3. The lowest BCUT2D eigenvalue weighted by Crippen LogP contribution is -2.61. The Hall–Kier alpha value is -3.42. The third kappa shape index (κ3) is 32.9. The summed E-state index contributed by atoms with van der Waals surface area (Å²) in [6, 6.07) is -1.05. The molecule has 1 saturated heterocycles. The van der Waals surface area contributed by atoms with E-state index in [4.69, 9.17) is 14.2 Å². The number of esters is 1. The van der Waals surface area contributed by atoms with Crippen molar-refractivity contribution in [2.45, 2.75) is 230 Å². The second-order valence-corrected chi connectivity index (χ2v) is 17.6. The molecule has 0 radical (unpaired) electrons. The summed E-state index contributed by atoms with van der Waals surface area (Å²) in [6.45, 7) is 5.44. The minimum Gasteiger partial charge on any atom is -0.454 e. The van der Waals surface area contributed by atoms with Gasteiger partial charge in [-0.25, -0.2) is 0 Å². The van der Waals surface area contributed by atoms with E-state index in [1.165, 1.54) is 44.9 Å². The molecule has 0 bridgehead atoms. The number of aliphatic hydroxyl groups excluding tert-OH is 5. The van der Waals surface area contributed by atoms with Gasteiger partial charge in [0.2, 0.25) is 5.91 Å². The van der Waals surface area contributed by atoms with Gasteiger partial charge in [-0.1, -0.05) is 208 Å². The smallest absolute Gasteiger partial charge is 0.306 e. The summed E-state index contributed by atoms with van der Waals surface area (Å²) in [7, 11) is 0. The number of carbonyl (C=O) groups excluding carboxylic acids is 2. The van der Waals surface area contributed by atoms with Gasteiger partial charge in [-0.2, -0.15) is 0 Å². The quantitative estimate of drug-likeness (QED) is 0.0150. The predicted octanol–water partition coefficient (Wildman–Crippen LogP) is 10.8. The molecule has 1 heterocycles. The van der Waals surface area contributed by atoms with Gasteiger partial charge in [-0.05, 0) is 64.2 Å². The summed E-state index contributed by atoms with van der Waals surface area (Å²) in [6.07, 6.45) is 46.1. The van der Waals surface area contributed by atoms with E-state index in [-0.39, 0.29) is 19.4 Å². The maximum Gasteiger partial charge on any atom is 0.306 e. The highest BCUT2D eigenvalue weighted by molar-refractivity contribution is 5.80. The van der Waals surface area contributed by atoms with Crippen molar-refractivity contribution in [2.24, 2.45) is 0 Å². The maximum atomic E-state index is 13.3. The first kappa shape index (κ1) is 61.6. The topological polar surface area (TPSA) is 175 Å². The van der Waals surface area contributed by atoms with Crippen molar-refractivity contribution in [3.63, 3.8) is 0 Å². The fraction of sp³-hybridized carbons (Fsp3) is 0.679. The van der Waals surface area contributed by atoms with Crippen LogP contribution in [-0.2, 0) is 23.8 Å². The number of allylic oxidation sites excluding steroid dienone is 15. The molecule has 11 heteroatoms. The van der Waals surface area contributed by atoms with Crippen molar-refractivity contribution in [3.8, 4) is 0 Å². The Morgan fingerprint density at radius 2 is 1.15 bits per heavy atom. The van der Waals surface area contributed by atoms with Crippen molar-refractivity contribution in [1.82, 2.24) is 5.32 Å². The largest absolute Gasteiger partial charge is 0.454 e. The van der Waals surface area contributed by atoms with Gasteiger partial charge in [-0.15, -0.1) is 0 Å². The number of hydrogen-bond donors (Lipinski definition) is 6. The molecule has 8 atom stereocenters. The highest BCUT2D eigenvalue weighted by Crippen LogP contribution is 2.26. The lowest BCUT2D eigenvalue weighted by molar-refractivity contribution is -0.305. The number of rotatable bonds is 41. The average Bonchev–Trinajstić information content (AvgIpc) is 3.32. The molecule has 67 heavy (non-hydrogen) atoms. The summed E-state index contributed by atoms with van der Waals surface area (Å²) in [4.78, 5) is 26.3. The molecule has 0 aromatic carbocycles. The number of unbranched alkanes of at least 4 members (excludes halogenated alkanes) is 17. The fourth-order valence-corrected chi connectivity index (χ4v) is 7.48. The van der Waals surface area contributed by atoms with Crippen LogP contribution in [0.4, 0.5) is 0 Å². The molecule has 8 unspecified atom stereocenters. The summed E-state index contributed by atoms with van der Waals surface area (Å²) in [5.41, 5.74) is 0. The molecular weight excluding hydrogens is 847 g/mol. The molecule has 0 aromatic rings. The number of aliphatic hydroxyl groups is 5. The first-order valence-electron chi connectivity index (χ1n) is 26.1. The van der Waals surface area contributed by atoms with Crippen LogP contribution in [-0.4, -0.2) is 99.6 Å². The Balaban J connectivity index is 2.84. The van der Waals surface area contributed by atoms with E-state index in [2.05, 4.69) is 56.5 Å². The van der Waals surface area contributed by atoms with Crippen LogP contribution in [0, 0.1) is 0 Å². The third-order valence-corrected chi connectivity index (χ3v) is 11.6. The van der Waals surface area contributed by atoms with E-state index in [0.29, 0.717) is 19.3 Å². The van der Waals surface area contributed by atoms with Crippen LogP contribution >= 0.6 is 0 Å². The zero-order chi connectivity index (χ0) is 49.0. The van der Waals surface area contributed by atoms with E-state index in [1.807, 2.05) is 60.8 Å². The molecule has 1 fully saturated rings. The lowest BCUT2D eigenvalue weighted by Gasteiger charge is -2.41. The lowest BCUT2D eigenvalue weighted by atomic mass is 9.99. The Labute approximate surface area is 405 Å². The number of nitrogens with one attached hydrogen (secondary N) is 1. The highest BCUT2D eigenvalue weighted by Gasteiger charge is 2.47. The number of hydrogen-bond acceptors (Lipinski definition) is 10. The van der Waals surface area contributed by atoms with Gasteiger partial charge in [0.1, 0.15) is 24.4 Å². The van der Waals surface area contributed by atoms with Crippen molar-refractivity contribution in [1.29, 1.82) is 0 Å². The van der Waals surface area contributed by atoms with E-state index >= 15 is 0 Å². The zero-order valence-corrected chi connectivity index (χ0v) is 41.7. The van der Waals surface area contributed by atoms with Gasteiger partial charge in [0.05, 0.1) is 25.4 Å². The Morgan fingerprint density at radius 3 is 1.76 bits per heavy atom. The predicted molar refractivity (Wildman–Crippen MR) is 273 cm³/mol. The fourth-order valence-electron chi connectivity index (χ4n) is 7.48. The van der Waals surface area contributed by atoms with Crippen LogP contribution in [0.25, 0.3) is 0 Å². The van der Waals surface area contributed by atoms with Crippen LogP contribution < -0.4 is 5.32 Å². The Kier molecular flexibility index (Phi) is 40.3. The van der Waals surface area contributed by atoms with Crippen molar-refractivity contribution in [2.75, 3.05) is 13.2 Å². The van der Waals surface area contributed by atoms with Crippen molar-refractivity contribution < 1.29 is 49.3 Å². The van der Waals surface area contributed by atoms with Gasteiger partial charge >= 0.3 is 5.97 Å². The SMILES string of the molecule is CC/C=C/C=C/C=C\C=C/C=C/CCCC(=O)OC1C(OCC(NC(=O)C(O)CCCCCCCC/C=C/C/C=C/CC)C(O)/C=C/CCCCCCCCCCCC)OC(CO)C(O)C1O. The third-order valence-electron chi connectivity index (χ3n) is 11.6. The maximum absolute atomic E-state index is 13.3. The van der Waals surface area contributed by atoms with Crippen LogP contribution in [0.3, 0.4) is 0 Å². The Bertz CT molecular complexity index is 1450. The summed E-state index contributed by atoms with van der Waals surface area (Å²) in [5.74, 6) is -1.29. The normalized spacial score (nSPS) is 20.9. The van der Waals surface area contributed by atoms with Gasteiger partial charge < -0.3 is 45.1 Å². The first-order valence-corrected chi connectivity index (χ1v) is 26.1. The monoisotopic (exact) mass is 940 g/mol. The average molecular weight is 940 g/mol. The van der Waals surface area contributed by atoms with Gasteiger partial charge in [0, 0.05) is 6.42 Å². The molecule has 0 aliphatic carbocycles. The van der Waals surface area contributed by atoms with Crippen LogP contribution in [0.5, 0.6) is 0 Å².